The fourth-order valence-electron chi connectivity index (χ4n) is 3.94. The van der Waals surface area contributed by atoms with Gasteiger partial charge < -0.3 is 14.8 Å². The van der Waals surface area contributed by atoms with Gasteiger partial charge in [-0.25, -0.2) is 4.98 Å². The molecule has 2 unspecified atom stereocenters. The first kappa shape index (κ1) is 21.4. The molecule has 1 aliphatic rings. The van der Waals surface area contributed by atoms with Gasteiger partial charge in [-0.2, -0.15) is 0 Å². The molecule has 2 atom stereocenters. The topological polar surface area (TPSA) is 48.7 Å². The largest absolute Gasteiger partial charge is 0.352 e. The van der Waals surface area contributed by atoms with Crippen LogP contribution in [0.4, 0.5) is 0 Å². The van der Waals surface area contributed by atoms with Gasteiger partial charge in [-0.1, -0.05) is 31.2 Å². The Balaban J connectivity index is 1.65. The first-order valence-electron chi connectivity index (χ1n) is 10.7. The second-order valence-corrected chi connectivity index (χ2v) is 8.47. The van der Waals surface area contributed by atoms with E-state index < -0.39 is 0 Å². The molecular formula is C23H36N6. The van der Waals surface area contributed by atoms with Crippen LogP contribution in [-0.4, -0.2) is 58.5 Å². The molecule has 158 valence electrons. The Morgan fingerprint density at radius 2 is 2.07 bits per heavy atom. The summed E-state index contributed by atoms with van der Waals surface area (Å²) in [6.07, 6.45) is 7.02. The molecule has 0 amide bonds. The summed E-state index contributed by atoms with van der Waals surface area (Å²) in [4.78, 5) is 13.6. The lowest BCUT2D eigenvalue weighted by molar-refractivity contribution is 0.189. The number of likely N-dealkylation sites (tertiary alicyclic amines) is 1. The summed E-state index contributed by atoms with van der Waals surface area (Å²) in [5.41, 5.74) is 2.70. The molecule has 3 rings (SSSR count). The van der Waals surface area contributed by atoms with E-state index in [1.165, 1.54) is 11.1 Å². The lowest BCUT2D eigenvalue weighted by Crippen LogP contribution is -2.48. The highest BCUT2D eigenvalue weighted by atomic mass is 15.3. The Morgan fingerprint density at radius 3 is 2.72 bits per heavy atom. The molecule has 0 spiro atoms. The number of aliphatic imine (C=N–C) groups is 1. The molecule has 2 aromatic rings. The van der Waals surface area contributed by atoms with Crippen molar-refractivity contribution in [2.75, 3.05) is 27.2 Å². The third kappa shape index (κ3) is 5.38. The van der Waals surface area contributed by atoms with Crippen LogP contribution >= 0.6 is 0 Å². The average Bonchev–Trinajstić information content (AvgIpc) is 3.25. The van der Waals surface area contributed by atoms with Crippen LogP contribution in [0.1, 0.15) is 44.4 Å². The van der Waals surface area contributed by atoms with E-state index in [1.807, 2.05) is 19.6 Å². The Bertz CT molecular complexity index is 782. The van der Waals surface area contributed by atoms with Gasteiger partial charge in [0.05, 0.1) is 12.4 Å². The van der Waals surface area contributed by atoms with Crippen molar-refractivity contribution in [1.29, 1.82) is 0 Å². The number of nitrogens with zero attached hydrogens (tertiary/aromatic N) is 5. The van der Waals surface area contributed by atoms with E-state index in [-0.39, 0.29) is 0 Å². The fraction of sp³-hybridized carbons (Fsp3) is 0.565. The lowest BCUT2D eigenvalue weighted by atomic mass is 9.93. The molecule has 6 nitrogen and oxygen atoms in total. The summed E-state index contributed by atoms with van der Waals surface area (Å²) >= 11 is 0. The Labute approximate surface area is 175 Å². The van der Waals surface area contributed by atoms with E-state index >= 15 is 0 Å². The van der Waals surface area contributed by atoms with Gasteiger partial charge in [0.1, 0.15) is 0 Å². The summed E-state index contributed by atoms with van der Waals surface area (Å²) in [7, 11) is 4.06. The summed E-state index contributed by atoms with van der Waals surface area (Å²) in [6.45, 7) is 10.5. The number of imidazole rings is 1. The minimum absolute atomic E-state index is 0.428. The molecule has 0 radical (unpaired) electrons. The number of hydrogen-bond acceptors (Lipinski definition) is 3. The van der Waals surface area contributed by atoms with Gasteiger partial charge in [0.25, 0.3) is 0 Å². The highest BCUT2D eigenvalue weighted by Gasteiger charge is 2.28. The minimum Gasteiger partial charge on any atom is -0.352 e. The highest BCUT2D eigenvalue weighted by molar-refractivity contribution is 5.80. The zero-order valence-corrected chi connectivity index (χ0v) is 18.5. The standard InChI is InChI=1S/C23H36N6/c1-18(2)27(5)15-21-9-7-6-8-20(21)14-26-23(24-4)28-12-10-19(3)22(16-28)29-13-11-25-17-29/h6-9,11,13,17-19,22H,10,12,14-16H2,1-5H3,(H,24,26). The minimum atomic E-state index is 0.428. The second-order valence-electron chi connectivity index (χ2n) is 8.47. The average molecular weight is 397 g/mol. The maximum absolute atomic E-state index is 4.58. The smallest absolute Gasteiger partial charge is 0.193 e. The van der Waals surface area contributed by atoms with Gasteiger partial charge in [0.2, 0.25) is 0 Å². The quantitative estimate of drug-likeness (QED) is 0.601. The van der Waals surface area contributed by atoms with Crippen LogP contribution in [0.5, 0.6) is 0 Å². The van der Waals surface area contributed by atoms with Crippen molar-refractivity contribution in [1.82, 2.24) is 24.7 Å². The third-order valence-electron chi connectivity index (χ3n) is 6.19. The molecule has 2 heterocycles. The van der Waals surface area contributed by atoms with Crippen molar-refractivity contribution in [3.05, 3.63) is 54.1 Å². The van der Waals surface area contributed by atoms with Gasteiger partial charge >= 0.3 is 0 Å². The molecule has 1 aromatic carbocycles. The van der Waals surface area contributed by atoms with Gasteiger partial charge in [-0.3, -0.25) is 9.89 Å². The van der Waals surface area contributed by atoms with Crippen molar-refractivity contribution in [2.24, 2.45) is 10.9 Å². The lowest BCUT2D eigenvalue weighted by Gasteiger charge is -2.39. The molecular weight excluding hydrogens is 360 g/mol. The zero-order valence-electron chi connectivity index (χ0n) is 18.5. The number of aromatic nitrogens is 2. The first-order chi connectivity index (χ1) is 14.0. The molecule has 1 aromatic heterocycles. The van der Waals surface area contributed by atoms with Crippen molar-refractivity contribution in [3.63, 3.8) is 0 Å². The highest BCUT2D eigenvalue weighted by Crippen LogP contribution is 2.27. The summed E-state index contributed by atoms with van der Waals surface area (Å²) in [5.74, 6) is 1.61. The summed E-state index contributed by atoms with van der Waals surface area (Å²) < 4.78 is 2.24. The predicted octanol–water partition coefficient (Wildman–Crippen LogP) is 3.38. The van der Waals surface area contributed by atoms with Gasteiger partial charge in [-0.15, -0.1) is 0 Å². The maximum atomic E-state index is 4.58. The van der Waals surface area contributed by atoms with Gasteiger partial charge in [0.15, 0.2) is 5.96 Å². The van der Waals surface area contributed by atoms with Crippen LogP contribution in [0.2, 0.25) is 0 Å². The monoisotopic (exact) mass is 396 g/mol. The van der Waals surface area contributed by atoms with Crippen LogP contribution in [0.3, 0.4) is 0 Å². The van der Waals surface area contributed by atoms with Crippen LogP contribution in [0, 0.1) is 5.92 Å². The van der Waals surface area contributed by atoms with Crippen molar-refractivity contribution in [2.45, 2.75) is 52.4 Å². The molecule has 1 N–H and O–H groups in total. The van der Waals surface area contributed by atoms with E-state index in [4.69, 9.17) is 0 Å². The summed E-state index contributed by atoms with van der Waals surface area (Å²) in [6, 6.07) is 9.66. The Hall–Kier alpha value is -2.34. The number of piperidine rings is 1. The fourth-order valence-corrected chi connectivity index (χ4v) is 3.94. The van der Waals surface area contributed by atoms with Gasteiger partial charge in [-0.05, 0) is 44.4 Å². The van der Waals surface area contributed by atoms with E-state index in [0.717, 1.165) is 38.6 Å². The van der Waals surface area contributed by atoms with E-state index in [0.29, 0.717) is 18.0 Å². The van der Waals surface area contributed by atoms with Crippen molar-refractivity contribution >= 4 is 5.96 Å². The van der Waals surface area contributed by atoms with Crippen LogP contribution < -0.4 is 5.32 Å². The molecule has 0 aliphatic carbocycles. The molecule has 1 fully saturated rings. The van der Waals surface area contributed by atoms with Crippen LogP contribution in [-0.2, 0) is 13.1 Å². The Morgan fingerprint density at radius 1 is 1.31 bits per heavy atom. The Kier molecular flexibility index (Phi) is 7.31. The number of nitrogens with one attached hydrogen (secondary N) is 1. The molecule has 6 heteroatoms. The molecule has 0 saturated carbocycles. The van der Waals surface area contributed by atoms with E-state index in [9.17, 15) is 0 Å². The number of hydrogen-bond donors (Lipinski definition) is 1. The molecule has 1 aliphatic heterocycles. The number of guanidine groups is 1. The summed E-state index contributed by atoms with van der Waals surface area (Å²) in [5, 5.41) is 3.61. The van der Waals surface area contributed by atoms with E-state index in [2.05, 4.69) is 87.9 Å². The second kappa shape index (κ2) is 9.92. The maximum Gasteiger partial charge on any atom is 0.193 e. The SMILES string of the molecule is CN=C(NCc1ccccc1CN(C)C(C)C)N1CCC(C)C(n2ccnc2)C1. The van der Waals surface area contributed by atoms with Crippen LogP contribution in [0.15, 0.2) is 48.0 Å². The first-order valence-corrected chi connectivity index (χ1v) is 10.7. The van der Waals surface area contributed by atoms with Gasteiger partial charge in [0, 0.05) is 51.7 Å². The number of rotatable bonds is 6. The normalized spacial score (nSPS) is 20.5. The molecule has 29 heavy (non-hydrogen) atoms. The molecule has 1 saturated heterocycles. The molecule has 0 bridgehead atoms. The zero-order chi connectivity index (χ0) is 20.8. The van der Waals surface area contributed by atoms with Crippen LogP contribution in [0.25, 0.3) is 0 Å². The van der Waals surface area contributed by atoms with Crippen molar-refractivity contribution < 1.29 is 0 Å². The number of benzene rings is 1. The third-order valence-corrected chi connectivity index (χ3v) is 6.19. The van der Waals surface area contributed by atoms with E-state index in [1.54, 1.807) is 0 Å². The predicted molar refractivity (Wildman–Crippen MR) is 120 cm³/mol. The van der Waals surface area contributed by atoms with Crippen molar-refractivity contribution in [3.8, 4) is 0 Å².